The normalized spacial score (nSPS) is 17.6. The summed E-state index contributed by atoms with van der Waals surface area (Å²) in [6.07, 6.45) is 4.39. The third-order valence-electron chi connectivity index (χ3n) is 3.98. The lowest BCUT2D eigenvalue weighted by molar-refractivity contribution is -0.121. The molecule has 0 unspecified atom stereocenters. The van der Waals surface area contributed by atoms with Gasteiger partial charge in [0.25, 0.3) is 5.91 Å². The van der Waals surface area contributed by atoms with E-state index in [1.54, 1.807) is 29.2 Å². The van der Waals surface area contributed by atoms with Crippen LogP contribution in [0.15, 0.2) is 41.2 Å². The first kappa shape index (κ1) is 16.9. The number of benzene rings is 1. The molecule has 3 rings (SSSR count). The van der Waals surface area contributed by atoms with E-state index in [4.69, 9.17) is 27.6 Å². The lowest BCUT2D eigenvalue weighted by atomic mass is 9.96. The van der Waals surface area contributed by atoms with E-state index in [1.165, 1.54) is 12.5 Å². The topological polar surface area (TPSA) is 62.6 Å². The Bertz CT molecular complexity index is 726. The fraction of sp³-hybridized carbons (Fsp3) is 0.294. The molecule has 1 aromatic heterocycles. The Kier molecular flexibility index (Phi) is 5.11. The predicted molar refractivity (Wildman–Crippen MR) is 92.4 cm³/mol. The second-order valence-electron chi connectivity index (χ2n) is 5.75. The van der Waals surface area contributed by atoms with E-state index in [9.17, 15) is 9.59 Å². The molecule has 5 nitrogen and oxygen atoms in total. The molecule has 1 aromatic carbocycles. The first-order valence-electron chi connectivity index (χ1n) is 7.61. The van der Waals surface area contributed by atoms with Crippen LogP contribution in [0.1, 0.15) is 23.2 Å². The third kappa shape index (κ3) is 3.91. The Morgan fingerprint density at radius 2 is 1.96 bits per heavy atom. The van der Waals surface area contributed by atoms with Gasteiger partial charge in [-0.3, -0.25) is 9.59 Å². The van der Waals surface area contributed by atoms with E-state index < -0.39 is 0 Å². The molecule has 7 heteroatoms. The summed E-state index contributed by atoms with van der Waals surface area (Å²) < 4.78 is 4.95. The van der Waals surface area contributed by atoms with Crippen LogP contribution in [0.5, 0.6) is 0 Å². The van der Waals surface area contributed by atoms with Gasteiger partial charge in [0.2, 0.25) is 5.91 Å². The van der Waals surface area contributed by atoms with Crippen LogP contribution in [0, 0.1) is 5.92 Å². The summed E-state index contributed by atoms with van der Waals surface area (Å²) in [5, 5.41) is 3.74. The van der Waals surface area contributed by atoms with Crippen LogP contribution in [0.25, 0.3) is 0 Å². The number of anilines is 1. The van der Waals surface area contributed by atoms with Gasteiger partial charge >= 0.3 is 0 Å². The smallest absolute Gasteiger partial charge is 0.257 e. The molecular weight excluding hydrogens is 351 g/mol. The summed E-state index contributed by atoms with van der Waals surface area (Å²) in [5.74, 6) is -0.530. The molecule has 1 aliphatic rings. The van der Waals surface area contributed by atoms with E-state index in [0.717, 1.165) is 12.8 Å². The van der Waals surface area contributed by atoms with E-state index >= 15 is 0 Å². The van der Waals surface area contributed by atoms with Crippen LogP contribution < -0.4 is 5.32 Å². The fourth-order valence-corrected chi connectivity index (χ4v) is 3.34. The lowest BCUT2D eigenvalue weighted by Gasteiger charge is -2.31. The molecular formula is C17H16Cl2N2O3. The highest BCUT2D eigenvalue weighted by molar-refractivity contribution is 6.35. The van der Waals surface area contributed by atoms with Gasteiger partial charge in [0.1, 0.15) is 6.26 Å². The number of amides is 2. The average molecular weight is 367 g/mol. The molecule has 24 heavy (non-hydrogen) atoms. The number of halogens is 2. The maximum Gasteiger partial charge on any atom is 0.257 e. The number of hydrogen-bond donors (Lipinski definition) is 1. The Morgan fingerprint density at radius 1 is 1.21 bits per heavy atom. The van der Waals surface area contributed by atoms with Crippen molar-refractivity contribution in [2.45, 2.75) is 12.8 Å². The Hall–Kier alpha value is -1.98. The van der Waals surface area contributed by atoms with Crippen LogP contribution in [0.3, 0.4) is 0 Å². The number of nitrogens with one attached hydrogen (secondary N) is 1. The standard InChI is InChI=1S/C17H16Cl2N2O3/c18-13-6-14(19)8-15(7-13)20-16(22)11-2-1-4-21(9-11)17(23)12-3-5-24-10-12/h3,5-8,10-11H,1-2,4,9H2,(H,20,22)/t11-/m1/s1. The quantitative estimate of drug-likeness (QED) is 0.889. The van der Waals surface area contributed by atoms with Gasteiger partial charge in [0.05, 0.1) is 17.7 Å². The number of furan rings is 1. The summed E-state index contributed by atoms with van der Waals surface area (Å²) in [6.45, 7) is 1.01. The minimum Gasteiger partial charge on any atom is -0.472 e. The van der Waals surface area contributed by atoms with Crippen molar-refractivity contribution in [3.8, 4) is 0 Å². The molecule has 0 bridgehead atoms. The zero-order chi connectivity index (χ0) is 17.1. The first-order chi connectivity index (χ1) is 11.5. The fourth-order valence-electron chi connectivity index (χ4n) is 2.81. The summed E-state index contributed by atoms with van der Waals surface area (Å²) in [4.78, 5) is 26.6. The third-order valence-corrected chi connectivity index (χ3v) is 4.41. The number of rotatable bonds is 3. The molecule has 2 heterocycles. The van der Waals surface area contributed by atoms with Gasteiger partial charge in [-0.1, -0.05) is 23.2 Å². The maximum absolute atomic E-state index is 12.5. The lowest BCUT2D eigenvalue weighted by Crippen LogP contribution is -2.43. The van der Waals surface area contributed by atoms with Crippen molar-refractivity contribution in [1.82, 2.24) is 4.90 Å². The van der Waals surface area contributed by atoms with E-state index in [2.05, 4.69) is 5.32 Å². The van der Waals surface area contributed by atoms with Crippen LogP contribution in [0.2, 0.25) is 10.0 Å². The van der Waals surface area contributed by atoms with E-state index in [1.807, 2.05) is 0 Å². The highest BCUT2D eigenvalue weighted by Crippen LogP contribution is 2.25. The Balaban J connectivity index is 1.65. The second-order valence-corrected chi connectivity index (χ2v) is 6.62. The summed E-state index contributed by atoms with van der Waals surface area (Å²) in [7, 11) is 0. The van der Waals surface area contributed by atoms with Gasteiger partial charge in [-0.15, -0.1) is 0 Å². The average Bonchev–Trinajstić information content (AvgIpc) is 3.07. The molecule has 0 radical (unpaired) electrons. The van der Waals surface area contributed by atoms with Gasteiger partial charge < -0.3 is 14.6 Å². The highest BCUT2D eigenvalue weighted by Gasteiger charge is 2.29. The van der Waals surface area contributed by atoms with Crippen LogP contribution in [0.4, 0.5) is 5.69 Å². The van der Waals surface area contributed by atoms with Crippen molar-refractivity contribution in [3.63, 3.8) is 0 Å². The molecule has 0 saturated carbocycles. The number of nitrogens with zero attached hydrogens (tertiary/aromatic N) is 1. The summed E-state index contributed by atoms with van der Waals surface area (Å²) in [6, 6.07) is 6.51. The number of carbonyl (C=O) groups is 2. The second kappa shape index (κ2) is 7.28. The molecule has 1 fully saturated rings. The van der Waals surface area contributed by atoms with E-state index in [0.29, 0.717) is 34.4 Å². The van der Waals surface area contributed by atoms with Crippen molar-refractivity contribution in [3.05, 3.63) is 52.4 Å². The zero-order valence-electron chi connectivity index (χ0n) is 12.8. The molecule has 1 aliphatic heterocycles. The van der Waals surface area contributed by atoms with Crippen molar-refractivity contribution < 1.29 is 14.0 Å². The summed E-state index contributed by atoms with van der Waals surface area (Å²) >= 11 is 11.9. The Morgan fingerprint density at radius 3 is 2.62 bits per heavy atom. The predicted octanol–water partition coefficient (Wildman–Crippen LogP) is 4.08. The SMILES string of the molecule is O=C(Nc1cc(Cl)cc(Cl)c1)[C@@H]1CCCN(C(=O)c2ccoc2)C1. The molecule has 1 atom stereocenters. The number of likely N-dealkylation sites (tertiary alicyclic amines) is 1. The van der Waals surface area contributed by atoms with Gasteiger partial charge in [-0.05, 0) is 37.1 Å². The van der Waals surface area contributed by atoms with Crippen molar-refractivity contribution in [2.75, 3.05) is 18.4 Å². The molecule has 2 amide bonds. The molecule has 1 saturated heterocycles. The zero-order valence-corrected chi connectivity index (χ0v) is 14.3. The van der Waals surface area contributed by atoms with Gasteiger partial charge in [-0.2, -0.15) is 0 Å². The molecule has 2 aromatic rings. The minimum atomic E-state index is -0.271. The van der Waals surface area contributed by atoms with E-state index in [-0.39, 0.29) is 17.7 Å². The van der Waals surface area contributed by atoms with Crippen LogP contribution >= 0.6 is 23.2 Å². The van der Waals surface area contributed by atoms with Gasteiger partial charge in [0, 0.05) is 28.8 Å². The molecule has 1 N–H and O–H groups in total. The van der Waals surface area contributed by atoms with Crippen molar-refractivity contribution in [1.29, 1.82) is 0 Å². The molecule has 0 spiro atoms. The highest BCUT2D eigenvalue weighted by atomic mass is 35.5. The van der Waals surface area contributed by atoms with Gasteiger partial charge in [-0.25, -0.2) is 0 Å². The first-order valence-corrected chi connectivity index (χ1v) is 8.37. The monoisotopic (exact) mass is 366 g/mol. The largest absolute Gasteiger partial charge is 0.472 e. The Labute approximate surface area is 149 Å². The van der Waals surface area contributed by atoms with Crippen LogP contribution in [-0.2, 0) is 4.79 Å². The molecule has 126 valence electrons. The summed E-state index contributed by atoms with van der Waals surface area (Å²) in [5.41, 5.74) is 1.05. The van der Waals surface area contributed by atoms with Crippen molar-refractivity contribution in [2.24, 2.45) is 5.92 Å². The maximum atomic E-state index is 12.5. The van der Waals surface area contributed by atoms with Crippen molar-refractivity contribution >= 4 is 40.7 Å². The number of hydrogen-bond acceptors (Lipinski definition) is 3. The number of carbonyl (C=O) groups excluding carboxylic acids is 2. The van der Waals surface area contributed by atoms with Gasteiger partial charge in [0.15, 0.2) is 0 Å². The van der Waals surface area contributed by atoms with Crippen LogP contribution in [-0.4, -0.2) is 29.8 Å². The minimum absolute atomic E-state index is 0.118. The molecule has 0 aliphatic carbocycles. The number of piperidine rings is 1.